The van der Waals surface area contributed by atoms with Gasteiger partial charge in [-0.2, -0.15) is 0 Å². The van der Waals surface area contributed by atoms with Crippen LogP contribution in [-0.4, -0.2) is 35.1 Å². The summed E-state index contributed by atoms with van der Waals surface area (Å²) in [6, 6.07) is -0.179. The summed E-state index contributed by atoms with van der Waals surface area (Å²) >= 11 is 1.40. The molecule has 0 bridgehead atoms. The van der Waals surface area contributed by atoms with Crippen molar-refractivity contribution in [2.45, 2.75) is 39.2 Å². The van der Waals surface area contributed by atoms with Crippen LogP contribution >= 0.6 is 11.3 Å². The fourth-order valence-electron chi connectivity index (χ4n) is 2.16. The fraction of sp³-hybridized carbons (Fsp3) is 0.533. The van der Waals surface area contributed by atoms with Gasteiger partial charge in [-0.3, -0.25) is 14.0 Å². The highest BCUT2D eigenvalue weighted by molar-refractivity contribution is 7.15. The number of ether oxygens (including phenoxy) is 1. The summed E-state index contributed by atoms with van der Waals surface area (Å²) in [5, 5.41) is 4.65. The number of fused-ring (bicyclic) bond motifs is 1. The van der Waals surface area contributed by atoms with Gasteiger partial charge in [0.2, 0.25) is 0 Å². The maximum Gasteiger partial charge on any atom is 0.271 e. The molecule has 2 aromatic rings. The van der Waals surface area contributed by atoms with E-state index in [0.29, 0.717) is 11.6 Å². The van der Waals surface area contributed by atoms with Gasteiger partial charge in [0, 0.05) is 35.8 Å². The summed E-state index contributed by atoms with van der Waals surface area (Å²) in [5.74, 6) is -0.428. The molecule has 1 unspecified atom stereocenters. The molecule has 2 aromatic heterocycles. The van der Waals surface area contributed by atoms with Crippen LogP contribution in [0.15, 0.2) is 16.4 Å². The largest absolute Gasteiger partial charge is 0.383 e. The third kappa shape index (κ3) is 3.20. The lowest BCUT2D eigenvalue weighted by atomic mass is 9.93. The van der Waals surface area contributed by atoms with Crippen molar-refractivity contribution in [2.24, 2.45) is 0 Å². The standard InChI is InChI=1S/C15H21N3O3S/c1-9(7-21-5)17-12(19)10-6-16-14-18(13(10)20)11(8-22-14)15(2,3)4/h6,8-9H,7H2,1-5H3,(H,17,19). The summed E-state index contributed by atoms with van der Waals surface area (Å²) in [6.07, 6.45) is 1.34. The van der Waals surface area contributed by atoms with Crippen LogP contribution in [0.1, 0.15) is 43.7 Å². The van der Waals surface area contributed by atoms with Gasteiger partial charge in [-0.1, -0.05) is 20.8 Å². The summed E-state index contributed by atoms with van der Waals surface area (Å²) in [6.45, 7) is 8.27. The zero-order valence-electron chi connectivity index (χ0n) is 13.5. The van der Waals surface area contributed by atoms with Gasteiger partial charge in [0.1, 0.15) is 5.56 Å². The molecule has 0 saturated heterocycles. The second-order valence-corrected chi connectivity index (χ2v) is 7.13. The molecule has 0 saturated carbocycles. The lowest BCUT2D eigenvalue weighted by Gasteiger charge is -2.18. The molecule has 0 aliphatic heterocycles. The Balaban J connectivity index is 2.47. The number of carbonyl (C=O) groups is 1. The second-order valence-electron chi connectivity index (χ2n) is 6.30. The highest BCUT2D eigenvalue weighted by Crippen LogP contribution is 2.25. The number of thiazole rings is 1. The minimum atomic E-state index is -0.428. The molecule has 0 fully saturated rings. The van der Waals surface area contributed by atoms with Crippen molar-refractivity contribution in [3.05, 3.63) is 33.2 Å². The number of nitrogens with one attached hydrogen (secondary N) is 1. The summed E-state index contributed by atoms with van der Waals surface area (Å²) in [5.41, 5.74) is 0.356. The second kappa shape index (κ2) is 6.18. The lowest BCUT2D eigenvalue weighted by Crippen LogP contribution is -2.39. The van der Waals surface area contributed by atoms with Gasteiger partial charge in [-0.25, -0.2) is 4.98 Å². The highest BCUT2D eigenvalue weighted by atomic mass is 32.1. The summed E-state index contributed by atoms with van der Waals surface area (Å²) in [4.78, 5) is 29.8. The zero-order valence-corrected chi connectivity index (χ0v) is 14.3. The quantitative estimate of drug-likeness (QED) is 0.931. The number of rotatable bonds is 4. The first-order chi connectivity index (χ1) is 10.3. The van der Waals surface area contributed by atoms with Crippen LogP contribution in [0.4, 0.5) is 0 Å². The Morgan fingerprint density at radius 2 is 2.18 bits per heavy atom. The van der Waals surface area contributed by atoms with E-state index in [2.05, 4.69) is 10.3 Å². The van der Waals surface area contributed by atoms with Crippen LogP contribution in [-0.2, 0) is 10.2 Å². The zero-order chi connectivity index (χ0) is 16.5. The van der Waals surface area contributed by atoms with Gasteiger partial charge < -0.3 is 10.1 Å². The van der Waals surface area contributed by atoms with Crippen molar-refractivity contribution in [2.75, 3.05) is 13.7 Å². The van der Waals surface area contributed by atoms with Crippen molar-refractivity contribution in [1.82, 2.24) is 14.7 Å². The normalized spacial score (nSPS) is 13.3. The SMILES string of the molecule is COCC(C)NC(=O)c1cnc2scc(C(C)(C)C)n2c1=O. The predicted molar refractivity (Wildman–Crippen MR) is 86.8 cm³/mol. The third-order valence-corrected chi connectivity index (χ3v) is 4.09. The summed E-state index contributed by atoms with van der Waals surface area (Å²) < 4.78 is 6.51. The van der Waals surface area contributed by atoms with E-state index in [-0.39, 0.29) is 22.6 Å². The number of amides is 1. The van der Waals surface area contributed by atoms with E-state index >= 15 is 0 Å². The first-order valence-electron chi connectivity index (χ1n) is 7.05. The molecule has 22 heavy (non-hydrogen) atoms. The molecule has 1 amide bonds. The van der Waals surface area contributed by atoms with E-state index in [9.17, 15) is 9.59 Å². The average molecular weight is 323 g/mol. The number of carbonyl (C=O) groups excluding carboxylic acids is 1. The first-order valence-corrected chi connectivity index (χ1v) is 7.93. The van der Waals surface area contributed by atoms with Crippen molar-refractivity contribution in [3.8, 4) is 0 Å². The van der Waals surface area contributed by atoms with Crippen LogP contribution in [0, 0.1) is 0 Å². The smallest absolute Gasteiger partial charge is 0.271 e. The molecule has 1 N–H and O–H groups in total. The Kier molecular flexibility index (Phi) is 4.67. The lowest BCUT2D eigenvalue weighted by molar-refractivity contribution is 0.0903. The Bertz CT molecular complexity index is 743. The molecule has 0 radical (unpaired) electrons. The number of hydrogen-bond acceptors (Lipinski definition) is 5. The molecule has 1 atom stereocenters. The van der Waals surface area contributed by atoms with Crippen molar-refractivity contribution >= 4 is 22.2 Å². The van der Waals surface area contributed by atoms with Gasteiger partial charge in [0.25, 0.3) is 11.5 Å². The maximum absolute atomic E-state index is 12.7. The van der Waals surface area contributed by atoms with Crippen molar-refractivity contribution in [3.63, 3.8) is 0 Å². The van der Waals surface area contributed by atoms with Crippen molar-refractivity contribution < 1.29 is 9.53 Å². The molecule has 0 aliphatic rings. The van der Waals surface area contributed by atoms with Gasteiger partial charge in [0.05, 0.1) is 6.61 Å². The highest BCUT2D eigenvalue weighted by Gasteiger charge is 2.23. The Hall–Kier alpha value is -1.73. The van der Waals surface area contributed by atoms with Crippen LogP contribution in [0.25, 0.3) is 4.96 Å². The number of aromatic nitrogens is 2. The van der Waals surface area contributed by atoms with E-state index in [4.69, 9.17) is 4.74 Å². The fourth-order valence-corrected chi connectivity index (χ4v) is 3.23. The molecule has 120 valence electrons. The van der Waals surface area contributed by atoms with Gasteiger partial charge in [-0.15, -0.1) is 11.3 Å². The molecule has 0 aromatic carbocycles. The van der Waals surface area contributed by atoms with Crippen molar-refractivity contribution in [1.29, 1.82) is 0 Å². The van der Waals surface area contributed by atoms with Gasteiger partial charge in [0.15, 0.2) is 4.96 Å². The van der Waals surface area contributed by atoms with E-state index in [1.54, 1.807) is 7.11 Å². The Labute approximate surface area is 133 Å². The molecule has 2 rings (SSSR count). The monoisotopic (exact) mass is 323 g/mol. The maximum atomic E-state index is 12.7. The number of methoxy groups -OCH3 is 1. The minimum absolute atomic E-state index is 0.0457. The molecule has 0 aliphatic carbocycles. The van der Waals surface area contributed by atoms with Crippen LogP contribution < -0.4 is 10.9 Å². The van der Waals surface area contributed by atoms with E-state index in [1.165, 1.54) is 21.9 Å². The van der Waals surface area contributed by atoms with Gasteiger partial charge in [-0.05, 0) is 6.92 Å². The molecule has 6 nitrogen and oxygen atoms in total. The third-order valence-electron chi connectivity index (χ3n) is 3.25. The Morgan fingerprint density at radius 1 is 1.50 bits per heavy atom. The topological polar surface area (TPSA) is 72.7 Å². The molecular formula is C15H21N3O3S. The number of nitrogens with zero attached hydrogens (tertiary/aromatic N) is 2. The van der Waals surface area contributed by atoms with E-state index in [0.717, 1.165) is 5.69 Å². The molecule has 0 spiro atoms. The predicted octanol–water partition coefficient (Wildman–Crippen LogP) is 1.82. The first kappa shape index (κ1) is 16.6. The molecular weight excluding hydrogens is 302 g/mol. The molecule has 2 heterocycles. The molecule has 7 heteroatoms. The number of hydrogen-bond donors (Lipinski definition) is 1. The minimum Gasteiger partial charge on any atom is -0.383 e. The van der Waals surface area contributed by atoms with Crippen LogP contribution in [0.5, 0.6) is 0 Å². The van der Waals surface area contributed by atoms with Gasteiger partial charge >= 0.3 is 0 Å². The van der Waals surface area contributed by atoms with Crippen LogP contribution in [0.3, 0.4) is 0 Å². The van der Waals surface area contributed by atoms with E-state index < -0.39 is 5.91 Å². The van der Waals surface area contributed by atoms with Crippen LogP contribution in [0.2, 0.25) is 0 Å². The van der Waals surface area contributed by atoms with E-state index in [1.807, 2.05) is 33.1 Å². The summed E-state index contributed by atoms with van der Waals surface area (Å²) in [7, 11) is 1.56. The average Bonchev–Trinajstić information content (AvgIpc) is 2.83. The Morgan fingerprint density at radius 3 is 2.77 bits per heavy atom.